The molecular formula is C21H20N6O3. The number of aryl methyl sites for hydroxylation is 1. The van der Waals surface area contributed by atoms with Crippen LogP contribution in [-0.4, -0.2) is 39.5 Å². The smallest absolute Gasteiger partial charge is 0.251 e. The molecule has 1 saturated heterocycles. The Labute approximate surface area is 172 Å². The Morgan fingerprint density at radius 3 is 2.53 bits per heavy atom. The summed E-state index contributed by atoms with van der Waals surface area (Å²) in [6, 6.07) is 11.7. The van der Waals surface area contributed by atoms with Crippen LogP contribution in [0.3, 0.4) is 0 Å². The van der Waals surface area contributed by atoms with E-state index in [1.807, 2.05) is 6.07 Å². The Morgan fingerprint density at radius 1 is 1.17 bits per heavy atom. The van der Waals surface area contributed by atoms with Crippen LogP contribution in [0, 0.1) is 6.92 Å². The van der Waals surface area contributed by atoms with Crippen LogP contribution in [-0.2, 0) is 9.59 Å². The molecule has 1 aliphatic rings. The zero-order valence-corrected chi connectivity index (χ0v) is 16.5. The van der Waals surface area contributed by atoms with Crippen LogP contribution in [0.1, 0.15) is 34.0 Å². The van der Waals surface area contributed by atoms with Crippen molar-refractivity contribution < 1.29 is 14.4 Å². The number of carbonyl (C=O) groups excluding carboxylic acids is 3. The van der Waals surface area contributed by atoms with Crippen molar-refractivity contribution in [3.63, 3.8) is 0 Å². The third kappa shape index (κ3) is 3.10. The monoisotopic (exact) mass is 404 g/mol. The first-order valence-electron chi connectivity index (χ1n) is 9.37. The first kappa shape index (κ1) is 19.3. The van der Waals surface area contributed by atoms with E-state index in [1.165, 1.54) is 11.7 Å². The molecule has 1 aliphatic heterocycles. The third-order valence-corrected chi connectivity index (χ3v) is 5.12. The van der Waals surface area contributed by atoms with E-state index < -0.39 is 5.92 Å². The number of rotatable bonds is 4. The maximum atomic E-state index is 13.2. The van der Waals surface area contributed by atoms with Crippen molar-refractivity contribution in [2.24, 2.45) is 0 Å². The standard InChI is InChI=1S/C21H20N6O3/c1-12-18(19(22)27(25-12)16-5-3-4-10-24-16)15-11-17(28)26(21(15)30)14-8-6-13(7-9-14)20(29)23-2/h3-10,15H,11,22H2,1-2H3,(H,23,29)/t15-/m1/s1. The van der Waals surface area contributed by atoms with Gasteiger partial charge >= 0.3 is 0 Å². The van der Waals surface area contributed by atoms with Gasteiger partial charge in [-0.05, 0) is 43.3 Å². The number of hydrogen-bond acceptors (Lipinski definition) is 6. The SMILES string of the molecule is CNC(=O)c1ccc(N2C(=O)C[C@H](c3c(C)nn(-c4ccccn4)c3N)C2=O)cc1. The van der Waals surface area contributed by atoms with Gasteiger partial charge < -0.3 is 11.1 Å². The summed E-state index contributed by atoms with van der Waals surface area (Å²) in [5.41, 5.74) is 8.26. The van der Waals surface area contributed by atoms with Gasteiger partial charge in [0.2, 0.25) is 11.8 Å². The normalized spacial score (nSPS) is 16.2. The summed E-state index contributed by atoms with van der Waals surface area (Å²) in [5.74, 6) is -0.862. The lowest BCUT2D eigenvalue weighted by molar-refractivity contribution is -0.121. The minimum atomic E-state index is -0.728. The number of nitrogen functional groups attached to an aromatic ring is 1. The van der Waals surface area contributed by atoms with Crippen LogP contribution < -0.4 is 16.0 Å². The zero-order valence-electron chi connectivity index (χ0n) is 16.5. The zero-order chi connectivity index (χ0) is 21.4. The second-order valence-electron chi connectivity index (χ2n) is 6.93. The average molecular weight is 404 g/mol. The molecule has 3 aromatic rings. The molecule has 0 aliphatic carbocycles. The van der Waals surface area contributed by atoms with Crippen molar-refractivity contribution in [1.82, 2.24) is 20.1 Å². The summed E-state index contributed by atoms with van der Waals surface area (Å²) in [4.78, 5) is 42.9. The summed E-state index contributed by atoms with van der Waals surface area (Å²) in [6.07, 6.45) is 1.62. The molecule has 1 atom stereocenters. The molecule has 3 heterocycles. The molecule has 0 bridgehead atoms. The molecule has 30 heavy (non-hydrogen) atoms. The van der Waals surface area contributed by atoms with E-state index in [9.17, 15) is 14.4 Å². The van der Waals surface area contributed by atoms with Crippen LogP contribution >= 0.6 is 0 Å². The van der Waals surface area contributed by atoms with E-state index in [4.69, 9.17) is 5.73 Å². The van der Waals surface area contributed by atoms with Gasteiger partial charge in [0.1, 0.15) is 5.82 Å². The van der Waals surface area contributed by atoms with Gasteiger partial charge in [-0.3, -0.25) is 19.3 Å². The summed E-state index contributed by atoms with van der Waals surface area (Å²) in [7, 11) is 1.53. The van der Waals surface area contributed by atoms with Crippen molar-refractivity contribution in [2.75, 3.05) is 17.7 Å². The van der Waals surface area contributed by atoms with Crippen molar-refractivity contribution in [3.05, 3.63) is 65.5 Å². The van der Waals surface area contributed by atoms with E-state index in [2.05, 4.69) is 15.4 Å². The highest BCUT2D eigenvalue weighted by Gasteiger charge is 2.43. The minimum Gasteiger partial charge on any atom is -0.383 e. The second kappa shape index (κ2) is 7.43. The first-order valence-corrected chi connectivity index (χ1v) is 9.37. The largest absolute Gasteiger partial charge is 0.383 e. The topological polar surface area (TPSA) is 123 Å². The molecule has 152 valence electrons. The molecule has 9 nitrogen and oxygen atoms in total. The lowest BCUT2D eigenvalue weighted by Gasteiger charge is -2.15. The molecular weight excluding hydrogens is 384 g/mol. The van der Waals surface area contributed by atoms with Crippen molar-refractivity contribution in [3.8, 4) is 5.82 Å². The molecule has 2 aromatic heterocycles. The molecule has 1 fully saturated rings. The molecule has 1 aromatic carbocycles. The number of nitrogens with one attached hydrogen (secondary N) is 1. The molecule has 9 heteroatoms. The Kier molecular flexibility index (Phi) is 4.78. The number of imide groups is 1. The Balaban J connectivity index is 1.67. The first-order chi connectivity index (χ1) is 14.4. The van der Waals surface area contributed by atoms with Crippen molar-refractivity contribution in [1.29, 1.82) is 0 Å². The van der Waals surface area contributed by atoms with Crippen LogP contribution in [0.5, 0.6) is 0 Å². The number of benzene rings is 1. The van der Waals surface area contributed by atoms with Gasteiger partial charge in [-0.25, -0.2) is 4.98 Å². The number of nitrogens with two attached hydrogens (primary N) is 1. The molecule has 0 radical (unpaired) electrons. The van der Waals surface area contributed by atoms with E-state index >= 15 is 0 Å². The van der Waals surface area contributed by atoms with E-state index in [0.717, 1.165) is 4.90 Å². The van der Waals surface area contributed by atoms with Gasteiger partial charge in [-0.2, -0.15) is 9.78 Å². The lowest BCUT2D eigenvalue weighted by Crippen LogP contribution is -2.30. The molecule has 3 amide bonds. The van der Waals surface area contributed by atoms with Gasteiger partial charge in [0.25, 0.3) is 5.91 Å². The summed E-state index contributed by atoms with van der Waals surface area (Å²) < 4.78 is 1.48. The summed E-state index contributed by atoms with van der Waals surface area (Å²) in [6.45, 7) is 1.75. The number of carbonyl (C=O) groups is 3. The highest BCUT2D eigenvalue weighted by Crippen LogP contribution is 2.37. The van der Waals surface area contributed by atoms with Crippen LogP contribution in [0.4, 0.5) is 11.5 Å². The number of nitrogens with zero attached hydrogens (tertiary/aromatic N) is 4. The minimum absolute atomic E-state index is 0.00498. The number of amides is 3. The van der Waals surface area contributed by atoms with Crippen LogP contribution in [0.25, 0.3) is 5.82 Å². The van der Waals surface area contributed by atoms with Crippen LogP contribution in [0.15, 0.2) is 48.7 Å². The molecule has 4 rings (SSSR count). The lowest BCUT2D eigenvalue weighted by atomic mass is 9.97. The average Bonchev–Trinajstić information content (AvgIpc) is 3.22. The van der Waals surface area contributed by atoms with Crippen molar-refractivity contribution >= 4 is 29.2 Å². The fraction of sp³-hybridized carbons (Fsp3) is 0.190. The van der Waals surface area contributed by atoms with Gasteiger partial charge in [0.05, 0.1) is 17.3 Å². The summed E-state index contributed by atoms with van der Waals surface area (Å²) >= 11 is 0. The number of anilines is 2. The maximum absolute atomic E-state index is 13.2. The molecule has 0 unspecified atom stereocenters. The van der Waals surface area contributed by atoms with Crippen molar-refractivity contribution in [2.45, 2.75) is 19.3 Å². The maximum Gasteiger partial charge on any atom is 0.251 e. The fourth-order valence-corrected chi connectivity index (χ4v) is 3.68. The van der Waals surface area contributed by atoms with Gasteiger partial charge in [0, 0.05) is 30.8 Å². The fourth-order valence-electron chi connectivity index (χ4n) is 3.68. The second-order valence-corrected chi connectivity index (χ2v) is 6.93. The predicted molar refractivity (Wildman–Crippen MR) is 110 cm³/mol. The number of pyridine rings is 1. The quantitative estimate of drug-likeness (QED) is 0.636. The Morgan fingerprint density at radius 2 is 1.90 bits per heavy atom. The molecule has 0 saturated carbocycles. The van der Waals surface area contributed by atoms with E-state index in [0.29, 0.717) is 28.3 Å². The number of hydrogen-bond donors (Lipinski definition) is 2. The summed E-state index contributed by atoms with van der Waals surface area (Å²) in [5, 5.41) is 6.96. The van der Waals surface area contributed by atoms with Crippen LogP contribution in [0.2, 0.25) is 0 Å². The molecule has 3 N–H and O–H groups in total. The predicted octanol–water partition coefficient (Wildman–Crippen LogP) is 1.56. The van der Waals surface area contributed by atoms with Gasteiger partial charge in [-0.1, -0.05) is 6.07 Å². The highest BCUT2D eigenvalue weighted by molar-refractivity contribution is 6.23. The van der Waals surface area contributed by atoms with Gasteiger partial charge in [0.15, 0.2) is 5.82 Å². The van der Waals surface area contributed by atoms with E-state index in [1.54, 1.807) is 49.5 Å². The Bertz CT molecular complexity index is 1140. The third-order valence-electron chi connectivity index (χ3n) is 5.12. The Hall–Kier alpha value is -4.01. The molecule has 0 spiro atoms. The van der Waals surface area contributed by atoms with E-state index in [-0.39, 0.29) is 30.0 Å². The van der Waals surface area contributed by atoms with Gasteiger partial charge in [-0.15, -0.1) is 0 Å². The number of aromatic nitrogens is 3. The highest BCUT2D eigenvalue weighted by atomic mass is 16.2.